The highest BCUT2D eigenvalue weighted by Crippen LogP contribution is 2.36. The van der Waals surface area contributed by atoms with E-state index in [4.69, 9.17) is 16.3 Å². The van der Waals surface area contributed by atoms with Crippen LogP contribution in [-0.2, 0) is 16.0 Å². The van der Waals surface area contributed by atoms with Gasteiger partial charge in [0, 0.05) is 60.4 Å². The molecule has 4 heterocycles. The van der Waals surface area contributed by atoms with Gasteiger partial charge in [0.15, 0.2) is 0 Å². The average molecular weight is 455 g/mol. The van der Waals surface area contributed by atoms with Crippen LogP contribution < -0.4 is 5.32 Å². The number of rotatable bonds is 4. The van der Waals surface area contributed by atoms with Crippen LogP contribution in [0.3, 0.4) is 0 Å². The number of aromatic amines is 1. The molecule has 2 N–H and O–H groups in total. The normalized spacial score (nSPS) is 20.3. The number of nitrogens with zero attached hydrogens (tertiary/aromatic N) is 2. The van der Waals surface area contributed by atoms with Gasteiger partial charge >= 0.3 is 0 Å². The molecule has 168 valence electrons. The number of benzene rings is 1. The van der Waals surface area contributed by atoms with Crippen LogP contribution in [0.2, 0.25) is 5.02 Å². The Hall–Kier alpha value is -2.61. The van der Waals surface area contributed by atoms with Crippen LogP contribution in [0, 0.1) is 6.92 Å². The van der Waals surface area contributed by atoms with Crippen molar-refractivity contribution in [2.75, 3.05) is 51.3 Å². The number of aryl methyl sites for hydroxylation is 1. The number of nitrogens with one attached hydrogen (secondary N) is 2. The van der Waals surface area contributed by atoms with Crippen molar-refractivity contribution in [2.24, 2.45) is 0 Å². The number of aromatic nitrogens is 1. The Morgan fingerprint density at radius 1 is 1.16 bits per heavy atom. The van der Waals surface area contributed by atoms with Gasteiger partial charge in [0.05, 0.1) is 24.4 Å². The molecule has 5 rings (SSSR count). The summed E-state index contributed by atoms with van der Waals surface area (Å²) in [6, 6.07) is 5.36. The molecule has 2 amide bonds. The molecule has 2 aromatic rings. The first-order valence-corrected chi connectivity index (χ1v) is 11.5. The number of H-pyrrole nitrogens is 1. The van der Waals surface area contributed by atoms with Gasteiger partial charge in [0.25, 0.3) is 11.8 Å². The lowest BCUT2D eigenvalue weighted by Gasteiger charge is -2.29. The van der Waals surface area contributed by atoms with Gasteiger partial charge in [0.2, 0.25) is 0 Å². The molecule has 32 heavy (non-hydrogen) atoms. The number of hydrogen-bond donors (Lipinski definition) is 2. The number of morpholine rings is 1. The summed E-state index contributed by atoms with van der Waals surface area (Å²) in [7, 11) is 0. The van der Waals surface area contributed by atoms with Gasteiger partial charge in [0.1, 0.15) is 0 Å². The van der Waals surface area contributed by atoms with E-state index in [2.05, 4.69) is 15.2 Å². The van der Waals surface area contributed by atoms with Gasteiger partial charge in [-0.25, -0.2) is 0 Å². The fourth-order valence-electron chi connectivity index (χ4n) is 4.76. The van der Waals surface area contributed by atoms with Crippen LogP contribution in [0.25, 0.3) is 11.6 Å². The van der Waals surface area contributed by atoms with Crippen molar-refractivity contribution < 1.29 is 14.3 Å². The molecule has 7 nitrogen and oxygen atoms in total. The van der Waals surface area contributed by atoms with Crippen LogP contribution in [0.5, 0.6) is 0 Å². The molecule has 0 atom stereocenters. The third kappa shape index (κ3) is 3.96. The molecular formula is C24H27ClN4O3. The Bertz CT molecular complexity index is 1100. The lowest BCUT2D eigenvalue weighted by atomic mass is 10.0. The Balaban J connectivity index is 1.41. The number of carbonyl (C=O) groups excluding carboxylic acids is 2. The van der Waals surface area contributed by atoms with E-state index in [1.54, 1.807) is 12.1 Å². The Morgan fingerprint density at radius 3 is 2.78 bits per heavy atom. The van der Waals surface area contributed by atoms with E-state index in [0.29, 0.717) is 17.1 Å². The van der Waals surface area contributed by atoms with E-state index in [0.717, 1.165) is 86.0 Å². The van der Waals surface area contributed by atoms with Crippen LogP contribution in [0.4, 0.5) is 5.69 Å². The van der Waals surface area contributed by atoms with Gasteiger partial charge in [-0.1, -0.05) is 11.6 Å². The lowest BCUT2D eigenvalue weighted by Crippen LogP contribution is -2.43. The highest BCUT2D eigenvalue weighted by molar-refractivity contribution is 6.36. The Labute approximate surface area is 192 Å². The monoisotopic (exact) mass is 454 g/mol. The zero-order valence-corrected chi connectivity index (χ0v) is 18.9. The molecule has 1 aromatic heterocycles. The number of fused-ring (bicyclic) bond motifs is 2. The Kier molecular flexibility index (Phi) is 5.80. The molecule has 0 radical (unpaired) electrons. The van der Waals surface area contributed by atoms with Crippen LogP contribution >= 0.6 is 11.6 Å². The zero-order valence-electron chi connectivity index (χ0n) is 18.2. The number of hydrogen-bond acceptors (Lipinski definition) is 4. The zero-order chi connectivity index (χ0) is 22.2. The number of anilines is 1. The van der Waals surface area contributed by atoms with Crippen molar-refractivity contribution in [3.8, 4) is 0 Å². The number of amides is 2. The van der Waals surface area contributed by atoms with Gasteiger partial charge < -0.3 is 19.9 Å². The Morgan fingerprint density at radius 2 is 1.97 bits per heavy atom. The van der Waals surface area contributed by atoms with Crippen LogP contribution in [0.1, 0.15) is 39.3 Å². The molecule has 0 spiro atoms. The molecule has 0 unspecified atom stereocenters. The summed E-state index contributed by atoms with van der Waals surface area (Å²) in [5.41, 5.74) is 5.49. The maximum absolute atomic E-state index is 13.4. The summed E-state index contributed by atoms with van der Waals surface area (Å²) in [5, 5.41) is 3.46. The van der Waals surface area contributed by atoms with Crippen molar-refractivity contribution in [2.45, 2.75) is 19.8 Å². The van der Waals surface area contributed by atoms with E-state index < -0.39 is 0 Å². The minimum atomic E-state index is -0.162. The fourth-order valence-corrected chi connectivity index (χ4v) is 4.93. The van der Waals surface area contributed by atoms with Crippen molar-refractivity contribution in [1.82, 2.24) is 14.8 Å². The first-order valence-electron chi connectivity index (χ1n) is 11.1. The van der Waals surface area contributed by atoms with E-state index >= 15 is 0 Å². The second-order valence-electron chi connectivity index (χ2n) is 8.57. The second-order valence-corrected chi connectivity index (χ2v) is 9.01. The molecule has 1 fully saturated rings. The molecule has 8 heteroatoms. The van der Waals surface area contributed by atoms with Crippen molar-refractivity contribution in [1.29, 1.82) is 0 Å². The van der Waals surface area contributed by atoms with Crippen LogP contribution in [-0.4, -0.2) is 72.5 Å². The molecule has 0 saturated carbocycles. The van der Waals surface area contributed by atoms with Gasteiger partial charge in [-0.15, -0.1) is 0 Å². The smallest absolute Gasteiger partial charge is 0.256 e. The molecular weight excluding hydrogens is 428 g/mol. The van der Waals surface area contributed by atoms with Gasteiger partial charge in [-0.3, -0.25) is 14.5 Å². The summed E-state index contributed by atoms with van der Waals surface area (Å²) in [5.74, 6) is -0.0894. The molecule has 1 saturated heterocycles. The SMILES string of the molecule is Cc1c(C=C2C(=O)Nc3ccc(Cl)cc32)[nH]c2c1C(=O)N(CCN1CCOCC1)CCC2. The molecule has 0 bridgehead atoms. The number of ether oxygens (including phenoxy) is 1. The third-order valence-electron chi connectivity index (χ3n) is 6.57. The predicted octanol–water partition coefficient (Wildman–Crippen LogP) is 3.19. The highest BCUT2D eigenvalue weighted by atomic mass is 35.5. The van der Waals surface area contributed by atoms with Crippen LogP contribution in [0.15, 0.2) is 18.2 Å². The van der Waals surface area contributed by atoms with Crippen molar-refractivity contribution in [3.63, 3.8) is 0 Å². The van der Waals surface area contributed by atoms with Crippen molar-refractivity contribution >= 4 is 40.8 Å². The van der Waals surface area contributed by atoms with E-state index in [-0.39, 0.29) is 11.8 Å². The van der Waals surface area contributed by atoms with Crippen molar-refractivity contribution in [3.05, 3.63) is 51.3 Å². The summed E-state index contributed by atoms with van der Waals surface area (Å²) in [6.07, 6.45) is 3.57. The second kappa shape index (κ2) is 8.73. The molecule has 0 aliphatic carbocycles. The maximum Gasteiger partial charge on any atom is 0.256 e. The summed E-state index contributed by atoms with van der Waals surface area (Å²) < 4.78 is 5.42. The van der Waals surface area contributed by atoms with Gasteiger partial charge in [-0.2, -0.15) is 0 Å². The van der Waals surface area contributed by atoms with Gasteiger partial charge in [-0.05, 0) is 49.6 Å². The summed E-state index contributed by atoms with van der Waals surface area (Å²) in [4.78, 5) is 33.8. The fraction of sp³-hybridized carbons (Fsp3) is 0.417. The number of carbonyl (C=O) groups is 2. The summed E-state index contributed by atoms with van der Waals surface area (Å²) >= 11 is 6.16. The molecule has 3 aliphatic rings. The standard InChI is InChI=1S/C24H27ClN4O3/c1-15-21(14-18-17-13-16(25)4-5-19(17)27-23(18)30)26-20-3-2-6-29(24(31)22(15)20)8-7-28-9-11-32-12-10-28/h4-5,13-14,26H,2-3,6-12H2,1H3,(H,27,30). The first-order chi connectivity index (χ1) is 15.5. The van der Waals surface area contributed by atoms with E-state index in [9.17, 15) is 9.59 Å². The summed E-state index contributed by atoms with van der Waals surface area (Å²) in [6.45, 7) is 7.65. The minimum Gasteiger partial charge on any atom is -0.379 e. The molecule has 3 aliphatic heterocycles. The first kappa shape index (κ1) is 21.2. The largest absolute Gasteiger partial charge is 0.379 e. The average Bonchev–Trinajstić information content (AvgIpc) is 3.20. The highest BCUT2D eigenvalue weighted by Gasteiger charge is 2.29. The van der Waals surface area contributed by atoms with E-state index in [1.807, 2.05) is 24.0 Å². The lowest BCUT2D eigenvalue weighted by molar-refractivity contribution is -0.110. The quantitative estimate of drug-likeness (QED) is 0.695. The van der Waals surface area contributed by atoms with E-state index in [1.165, 1.54) is 0 Å². The third-order valence-corrected chi connectivity index (χ3v) is 6.80. The predicted molar refractivity (Wildman–Crippen MR) is 125 cm³/mol. The maximum atomic E-state index is 13.4. The minimum absolute atomic E-state index is 0.0727. The topological polar surface area (TPSA) is 77.7 Å². The number of halogens is 1. The molecule has 1 aromatic carbocycles.